The van der Waals surface area contributed by atoms with Crippen LogP contribution >= 0.6 is 12.2 Å². The van der Waals surface area contributed by atoms with Crippen molar-refractivity contribution in [3.8, 4) is 0 Å². The molecule has 0 atom stereocenters. The van der Waals surface area contributed by atoms with Crippen molar-refractivity contribution in [2.45, 2.75) is 19.3 Å². The summed E-state index contributed by atoms with van der Waals surface area (Å²) in [6, 6.07) is -0.266. The molecule has 0 aromatic heterocycles. The SMILES string of the molecule is CN1C(=O)CC(=S)N(CC2CC2)C1=O. The molecule has 0 unspecified atom stereocenters. The van der Waals surface area contributed by atoms with Gasteiger partial charge in [-0.1, -0.05) is 12.2 Å². The molecule has 0 spiro atoms. The Morgan fingerprint density at radius 3 is 2.64 bits per heavy atom. The Kier molecular flexibility index (Phi) is 2.26. The van der Waals surface area contributed by atoms with Gasteiger partial charge in [0.2, 0.25) is 5.91 Å². The van der Waals surface area contributed by atoms with E-state index in [1.807, 2.05) is 0 Å². The first-order valence-electron chi connectivity index (χ1n) is 4.70. The van der Waals surface area contributed by atoms with Crippen molar-refractivity contribution in [2.24, 2.45) is 5.92 Å². The van der Waals surface area contributed by atoms with Crippen molar-refractivity contribution in [3.63, 3.8) is 0 Å². The molecule has 5 heteroatoms. The molecule has 0 aromatic carbocycles. The fourth-order valence-corrected chi connectivity index (χ4v) is 1.75. The fraction of sp³-hybridized carbons (Fsp3) is 0.667. The maximum Gasteiger partial charge on any atom is 0.331 e. The van der Waals surface area contributed by atoms with Gasteiger partial charge in [0.1, 0.15) is 0 Å². The first kappa shape index (κ1) is 9.58. The summed E-state index contributed by atoms with van der Waals surface area (Å²) in [5, 5.41) is 0. The second-order valence-electron chi connectivity index (χ2n) is 3.86. The lowest BCUT2D eigenvalue weighted by atomic mass is 10.2. The molecule has 1 aliphatic heterocycles. The minimum absolute atomic E-state index is 0.199. The number of hydrogen-bond donors (Lipinski definition) is 0. The third kappa shape index (κ3) is 1.64. The van der Waals surface area contributed by atoms with Crippen LogP contribution in [0.25, 0.3) is 0 Å². The number of hydrogen-bond acceptors (Lipinski definition) is 3. The second kappa shape index (κ2) is 3.31. The first-order chi connectivity index (χ1) is 6.59. The van der Waals surface area contributed by atoms with Crippen LogP contribution in [0.2, 0.25) is 0 Å². The summed E-state index contributed by atoms with van der Waals surface area (Å²) in [6.07, 6.45) is 2.54. The summed E-state index contributed by atoms with van der Waals surface area (Å²) in [4.78, 5) is 26.1. The van der Waals surface area contributed by atoms with Crippen LogP contribution in [0.15, 0.2) is 0 Å². The zero-order valence-electron chi connectivity index (χ0n) is 8.02. The molecule has 1 heterocycles. The topological polar surface area (TPSA) is 40.6 Å². The van der Waals surface area contributed by atoms with Crippen molar-refractivity contribution in [2.75, 3.05) is 13.6 Å². The fourth-order valence-electron chi connectivity index (χ4n) is 1.48. The lowest BCUT2D eigenvalue weighted by Crippen LogP contribution is -2.53. The highest BCUT2D eigenvalue weighted by Gasteiger charge is 2.36. The molecule has 0 bridgehead atoms. The molecule has 3 amide bonds. The predicted octanol–water partition coefficient (Wildman–Crippen LogP) is 1.01. The van der Waals surface area contributed by atoms with Crippen LogP contribution in [0.5, 0.6) is 0 Å². The standard InChI is InChI=1S/C9H12N2O2S/c1-10-7(12)4-8(14)11(9(10)13)5-6-2-3-6/h6H,2-5H2,1H3. The molecule has 1 aliphatic carbocycles. The largest absolute Gasteiger partial charge is 0.331 e. The molecular weight excluding hydrogens is 200 g/mol. The van der Waals surface area contributed by atoms with Crippen LogP contribution < -0.4 is 0 Å². The minimum Gasteiger partial charge on any atom is -0.287 e. The minimum atomic E-state index is -0.266. The van der Waals surface area contributed by atoms with Crippen LogP contribution in [0.4, 0.5) is 4.79 Å². The van der Waals surface area contributed by atoms with Crippen LogP contribution in [0, 0.1) is 5.92 Å². The van der Waals surface area contributed by atoms with Crippen LogP contribution in [0.3, 0.4) is 0 Å². The molecule has 0 aromatic rings. The zero-order chi connectivity index (χ0) is 10.3. The highest BCUT2D eigenvalue weighted by molar-refractivity contribution is 7.80. The van der Waals surface area contributed by atoms with E-state index in [9.17, 15) is 9.59 Å². The van der Waals surface area contributed by atoms with Crippen molar-refractivity contribution < 1.29 is 9.59 Å². The second-order valence-corrected chi connectivity index (χ2v) is 4.33. The Hall–Kier alpha value is -0.970. The number of amides is 3. The Balaban J connectivity index is 2.09. The van der Waals surface area contributed by atoms with Gasteiger partial charge < -0.3 is 0 Å². The lowest BCUT2D eigenvalue weighted by molar-refractivity contribution is -0.127. The van der Waals surface area contributed by atoms with Crippen LogP contribution in [-0.4, -0.2) is 40.3 Å². The Morgan fingerprint density at radius 2 is 2.07 bits per heavy atom. The molecule has 1 saturated heterocycles. The third-order valence-corrected chi connectivity index (χ3v) is 3.00. The van der Waals surface area contributed by atoms with Crippen LogP contribution in [0.1, 0.15) is 19.3 Å². The number of imide groups is 1. The van der Waals surface area contributed by atoms with E-state index in [1.54, 1.807) is 4.90 Å². The Morgan fingerprint density at radius 1 is 1.43 bits per heavy atom. The van der Waals surface area contributed by atoms with E-state index in [1.165, 1.54) is 19.9 Å². The number of rotatable bonds is 2. The molecule has 0 radical (unpaired) electrons. The van der Waals surface area contributed by atoms with E-state index in [-0.39, 0.29) is 18.4 Å². The molecule has 0 N–H and O–H groups in total. The van der Waals surface area contributed by atoms with Gasteiger partial charge in [0.05, 0.1) is 11.4 Å². The van der Waals surface area contributed by atoms with Gasteiger partial charge in [0.15, 0.2) is 0 Å². The highest BCUT2D eigenvalue weighted by Crippen LogP contribution is 2.31. The molecule has 14 heavy (non-hydrogen) atoms. The predicted molar refractivity (Wildman–Crippen MR) is 54.8 cm³/mol. The zero-order valence-corrected chi connectivity index (χ0v) is 8.84. The Bertz CT molecular complexity index is 312. The maximum atomic E-state index is 11.7. The van der Waals surface area contributed by atoms with E-state index in [0.29, 0.717) is 17.5 Å². The number of carbonyl (C=O) groups excluding carboxylic acids is 2. The summed E-state index contributed by atoms with van der Waals surface area (Å²) in [5.41, 5.74) is 0. The quantitative estimate of drug-likeness (QED) is 0.641. The van der Waals surface area contributed by atoms with E-state index >= 15 is 0 Å². The maximum absolute atomic E-state index is 11.7. The molecule has 2 rings (SSSR count). The van der Waals surface area contributed by atoms with Crippen LogP contribution in [-0.2, 0) is 4.79 Å². The Labute approximate surface area is 87.8 Å². The molecular formula is C9H12N2O2S. The van der Waals surface area contributed by atoms with Gasteiger partial charge >= 0.3 is 6.03 Å². The van der Waals surface area contributed by atoms with E-state index in [0.717, 1.165) is 4.90 Å². The molecule has 4 nitrogen and oxygen atoms in total. The summed E-state index contributed by atoms with van der Waals surface area (Å²) in [7, 11) is 1.51. The number of thiocarbonyl (C=S) groups is 1. The average Bonchev–Trinajstić information content (AvgIpc) is 2.92. The number of carbonyl (C=O) groups is 2. The van der Waals surface area contributed by atoms with Crippen molar-refractivity contribution in [3.05, 3.63) is 0 Å². The normalized spacial score (nSPS) is 23.4. The van der Waals surface area contributed by atoms with E-state index < -0.39 is 0 Å². The van der Waals surface area contributed by atoms with E-state index in [2.05, 4.69) is 0 Å². The van der Waals surface area contributed by atoms with Gasteiger partial charge in [-0.3, -0.25) is 14.6 Å². The summed E-state index contributed by atoms with van der Waals surface area (Å²) < 4.78 is 0. The molecule has 1 saturated carbocycles. The first-order valence-corrected chi connectivity index (χ1v) is 5.11. The van der Waals surface area contributed by atoms with E-state index in [4.69, 9.17) is 12.2 Å². The van der Waals surface area contributed by atoms with Gasteiger partial charge in [0.25, 0.3) is 0 Å². The highest BCUT2D eigenvalue weighted by atomic mass is 32.1. The molecule has 2 fully saturated rings. The average molecular weight is 212 g/mol. The van der Waals surface area contributed by atoms with Crippen molar-refractivity contribution in [1.82, 2.24) is 9.80 Å². The summed E-state index contributed by atoms with van der Waals surface area (Å²) in [5.74, 6) is 0.394. The van der Waals surface area contributed by atoms with Gasteiger partial charge in [-0.2, -0.15) is 0 Å². The van der Waals surface area contributed by atoms with Crippen molar-refractivity contribution >= 4 is 29.1 Å². The lowest BCUT2D eigenvalue weighted by Gasteiger charge is -2.32. The summed E-state index contributed by atoms with van der Waals surface area (Å²) >= 11 is 5.04. The monoisotopic (exact) mass is 212 g/mol. The number of urea groups is 1. The van der Waals surface area contributed by atoms with Gasteiger partial charge in [-0.05, 0) is 18.8 Å². The smallest absolute Gasteiger partial charge is 0.287 e. The molecule has 2 aliphatic rings. The third-order valence-electron chi connectivity index (χ3n) is 2.63. The van der Waals surface area contributed by atoms with Gasteiger partial charge in [-0.15, -0.1) is 0 Å². The summed E-state index contributed by atoms with van der Waals surface area (Å²) in [6.45, 7) is 0.690. The van der Waals surface area contributed by atoms with Gasteiger partial charge in [-0.25, -0.2) is 4.79 Å². The number of nitrogens with zero attached hydrogens (tertiary/aromatic N) is 2. The van der Waals surface area contributed by atoms with Crippen molar-refractivity contribution in [1.29, 1.82) is 0 Å². The van der Waals surface area contributed by atoms with Gasteiger partial charge in [0, 0.05) is 13.6 Å². The molecule has 76 valence electrons.